The van der Waals surface area contributed by atoms with Crippen molar-refractivity contribution in [3.63, 3.8) is 0 Å². The van der Waals surface area contributed by atoms with E-state index in [1.54, 1.807) is 0 Å². The monoisotopic (exact) mass is 216 g/mol. The third-order valence-electron chi connectivity index (χ3n) is 1.87. The van der Waals surface area contributed by atoms with Crippen molar-refractivity contribution in [2.24, 2.45) is 0 Å². The second kappa shape index (κ2) is 5.37. The molecule has 0 N–H and O–H groups in total. The predicted octanol–water partition coefficient (Wildman–Crippen LogP) is 3.04. The van der Waals surface area contributed by atoms with Crippen molar-refractivity contribution in [2.75, 3.05) is 6.61 Å². The van der Waals surface area contributed by atoms with Gasteiger partial charge in [-0.15, -0.1) is 0 Å². The quantitative estimate of drug-likeness (QED) is 0.708. The van der Waals surface area contributed by atoms with E-state index < -0.39 is 0 Å². The minimum Gasteiger partial charge on any atom is -0.375 e. The molecule has 0 unspecified atom stereocenters. The number of ether oxygens (including phenoxy) is 1. The molecule has 3 nitrogen and oxygen atoms in total. The number of rotatable bonds is 5. The molecule has 0 aliphatic heterocycles. The Hall–Kier alpha value is -0.540. The van der Waals surface area contributed by atoms with Gasteiger partial charge in [-0.1, -0.05) is 18.5 Å². The van der Waals surface area contributed by atoms with E-state index in [2.05, 4.69) is 25.9 Å². The van der Waals surface area contributed by atoms with Crippen LogP contribution >= 0.6 is 11.6 Å². The first-order chi connectivity index (χ1) is 6.65. The molecule has 0 aromatic carbocycles. The lowest BCUT2D eigenvalue weighted by Crippen LogP contribution is -2.02. The minimum absolute atomic E-state index is 0.340. The molecule has 0 bridgehead atoms. The van der Waals surface area contributed by atoms with Crippen LogP contribution in [0.15, 0.2) is 6.20 Å². The predicted molar refractivity (Wildman–Crippen MR) is 57.6 cm³/mol. The molecule has 80 valence electrons. The van der Waals surface area contributed by atoms with Crippen LogP contribution in [0.1, 0.15) is 38.9 Å². The maximum atomic E-state index is 6.00. The van der Waals surface area contributed by atoms with Crippen molar-refractivity contribution >= 4 is 11.6 Å². The normalized spacial score (nSPS) is 11.2. The summed E-state index contributed by atoms with van der Waals surface area (Å²) in [5.74, 6) is 0. The van der Waals surface area contributed by atoms with Crippen LogP contribution in [-0.2, 0) is 11.3 Å². The van der Waals surface area contributed by atoms with Gasteiger partial charge in [0.1, 0.15) is 5.69 Å². The highest BCUT2D eigenvalue weighted by atomic mass is 35.5. The third kappa shape index (κ3) is 3.00. The summed E-state index contributed by atoms with van der Waals surface area (Å²) in [5, 5.41) is 5.03. The maximum absolute atomic E-state index is 6.00. The highest BCUT2D eigenvalue weighted by Crippen LogP contribution is 2.17. The second-order valence-electron chi connectivity index (χ2n) is 3.55. The summed E-state index contributed by atoms with van der Waals surface area (Å²) < 4.78 is 7.24. The Bertz CT molecular complexity index is 284. The Morgan fingerprint density at radius 1 is 1.57 bits per heavy atom. The Morgan fingerprint density at radius 2 is 2.29 bits per heavy atom. The van der Waals surface area contributed by atoms with Gasteiger partial charge in [-0.25, -0.2) is 0 Å². The highest BCUT2D eigenvalue weighted by molar-refractivity contribution is 6.31. The highest BCUT2D eigenvalue weighted by Gasteiger charge is 2.08. The smallest absolute Gasteiger partial charge is 0.107 e. The molecule has 0 atom stereocenters. The van der Waals surface area contributed by atoms with Gasteiger partial charge in [0, 0.05) is 18.8 Å². The summed E-state index contributed by atoms with van der Waals surface area (Å²) >= 11 is 6.00. The van der Waals surface area contributed by atoms with Crippen LogP contribution in [0.4, 0.5) is 0 Å². The molecule has 0 saturated heterocycles. The van der Waals surface area contributed by atoms with E-state index in [1.807, 2.05) is 10.9 Å². The van der Waals surface area contributed by atoms with E-state index in [9.17, 15) is 0 Å². The molecule has 0 aliphatic rings. The molecule has 4 heteroatoms. The standard InChI is InChI=1S/C10H17ClN2O/c1-4-5-14-7-10-9(11)6-13(12-10)8(2)3/h6,8H,4-5,7H2,1-3H3. The first-order valence-electron chi connectivity index (χ1n) is 4.96. The van der Waals surface area contributed by atoms with Gasteiger partial charge >= 0.3 is 0 Å². The van der Waals surface area contributed by atoms with Crippen molar-refractivity contribution < 1.29 is 4.74 Å². The average molecular weight is 217 g/mol. The average Bonchev–Trinajstić information content (AvgIpc) is 2.49. The molecular weight excluding hydrogens is 200 g/mol. The Labute approximate surface area is 90.0 Å². The van der Waals surface area contributed by atoms with Crippen molar-refractivity contribution in [3.05, 3.63) is 16.9 Å². The minimum atomic E-state index is 0.340. The summed E-state index contributed by atoms with van der Waals surface area (Å²) in [5.41, 5.74) is 0.828. The fourth-order valence-electron chi connectivity index (χ4n) is 1.08. The van der Waals surface area contributed by atoms with E-state index in [4.69, 9.17) is 16.3 Å². The van der Waals surface area contributed by atoms with Gasteiger partial charge < -0.3 is 4.74 Å². The van der Waals surface area contributed by atoms with Gasteiger partial charge in [-0.3, -0.25) is 4.68 Å². The van der Waals surface area contributed by atoms with Crippen molar-refractivity contribution in [3.8, 4) is 0 Å². The van der Waals surface area contributed by atoms with E-state index in [1.165, 1.54) is 0 Å². The van der Waals surface area contributed by atoms with E-state index >= 15 is 0 Å². The lowest BCUT2D eigenvalue weighted by Gasteiger charge is -2.03. The summed E-state index contributed by atoms with van der Waals surface area (Å²) in [6.45, 7) is 7.48. The van der Waals surface area contributed by atoms with Gasteiger partial charge in [0.15, 0.2) is 0 Å². The number of aromatic nitrogens is 2. The van der Waals surface area contributed by atoms with Crippen LogP contribution in [0.5, 0.6) is 0 Å². The molecule has 0 spiro atoms. The molecular formula is C10H17ClN2O. The fourth-order valence-corrected chi connectivity index (χ4v) is 1.27. The molecule has 14 heavy (non-hydrogen) atoms. The van der Waals surface area contributed by atoms with E-state index in [0.717, 1.165) is 18.7 Å². The number of hydrogen-bond donors (Lipinski definition) is 0. The fraction of sp³-hybridized carbons (Fsp3) is 0.700. The Balaban J connectivity index is 2.58. The second-order valence-corrected chi connectivity index (χ2v) is 3.96. The van der Waals surface area contributed by atoms with E-state index in [-0.39, 0.29) is 0 Å². The molecule has 0 fully saturated rings. The number of hydrogen-bond acceptors (Lipinski definition) is 2. The van der Waals surface area contributed by atoms with Crippen LogP contribution in [-0.4, -0.2) is 16.4 Å². The lowest BCUT2D eigenvalue weighted by atomic mass is 10.4. The van der Waals surface area contributed by atoms with Crippen molar-refractivity contribution in [2.45, 2.75) is 39.8 Å². The molecule has 0 saturated carbocycles. The first-order valence-corrected chi connectivity index (χ1v) is 5.34. The Kier molecular flexibility index (Phi) is 4.42. The maximum Gasteiger partial charge on any atom is 0.107 e. The molecule has 1 heterocycles. The summed E-state index contributed by atoms with van der Waals surface area (Å²) in [7, 11) is 0. The summed E-state index contributed by atoms with van der Waals surface area (Å²) in [6.07, 6.45) is 2.86. The van der Waals surface area contributed by atoms with Gasteiger partial charge in [-0.05, 0) is 20.3 Å². The van der Waals surface area contributed by atoms with Crippen molar-refractivity contribution in [1.29, 1.82) is 0 Å². The first kappa shape index (κ1) is 11.5. The molecule has 0 aliphatic carbocycles. The zero-order chi connectivity index (χ0) is 10.6. The largest absolute Gasteiger partial charge is 0.375 e. The van der Waals surface area contributed by atoms with E-state index in [0.29, 0.717) is 17.7 Å². The van der Waals surface area contributed by atoms with Crippen LogP contribution in [0.2, 0.25) is 5.02 Å². The molecule has 0 radical (unpaired) electrons. The number of nitrogens with zero attached hydrogens (tertiary/aromatic N) is 2. The van der Waals surface area contributed by atoms with Crippen molar-refractivity contribution in [1.82, 2.24) is 9.78 Å². The van der Waals surface area contributed by atoms with Crippen LogP contribution in [0.25, 0.3) is 0 Å². The van der Waals surface area contributed by atoms with Crippen LogP contribution in [0, 0.1) is 0 Å². The summed E-state index contributed by atoms with van der Waals surface area (Å²) in [6, 6.07) is 0.340. The SMILES string of the molecule is CCCOCc1nn(C(C)C)cc1Cl. The molecule has 0 amide bonds. The zero-order valence-corrected chi connectivity index (χ0v) is 9.71. The summed E-state index contributed by atoms with van der Waals surface area (Å²) in [4.78, 5) is 0. The zero-order valence-electron chi connectivity index (χ0n) is 8.96. The lowest BCUT2D eigenvalue weighted by molar-refractivity contribution is 0.118. The van der Waals surface area contributed by atoms with Crippen LogP contribution in [0.3, 0.4) is 0 Å². The van der Waals surface area contributed by atoms with Gasteiger partial charge in [0.25, 0.3) is 0 Å². The van der Waals surface area contributed by atoms with Gasteiger partial charge in [0.05, 0.1) is 11.6 Å². The van der Waals surface area contributed by atoms with Gasteiger partial charge in [0.2, 0.25) is 0 Å². The Morgan fingerprint density at radius 3 is 2.79 bits per heavy atom. The van der Waals surface area contributed by atoms with Crippen LogP contribution < -0.4 is 0 Å². The topological polar surface area (TPSA) is 27.1 Å². The third-order valence-corrected chi connectivity index (χ3v) is 2.19. The molecule has 1 aromatic rings. The van der Waals surface area contributed by atoms with Gasteiger partial charge in [-0.2, -0.15) is 5.10 Å². The molecule has 1 aromatic heterocycles. The number of halogens is 1. The molecule has 1 rings (SSSR count).